The van der Waals surface area contributed by atoms with Gasteiger partial charge in [-0.05, 0) is 18.6 Å². The van der Waals surface area contributed by atoms with Gasteiger partial charge in [-0.15, -0.1) is 0 Å². The minimum absolute atomic E-state index is 0.0958. The van der Waals surface area contributed by atoms with E-state index in [0.717, 1.165) is 12.2 Å². The largest absolute Gasteiger partial charge is 0.424 e. The van der Waals surface area contributed by atoms with E-state index < -0.39 is 0 Å². The first kappa shape index (κ1) is 10.6. The van der Waals surface area contributed by atoms with E-state index in [1.807, 2.05) is 0 Å². The van der Waals surface area contributed by atoms with Gasteiger partial charge < -0.3 is 9.73 Å². The molecule has 6 heteroatoms. The topological polar surface area (TPSA) is 55.1 Å². The number of nitrogens with one attached hydrogen (secondary N) is 1. The number of hydrogen-bond acceptors (Lipinski definition) is 5. The molecule has 4 nitrogen and oxygen atoms in total. The highest BCUT2D eigenvalue weighted by atomic mass is 32.2. The maximum atomic E-state index is 13.0. The highest BCUT2D eigenvalue weighted by molar-refractivity contribution is 8.14. The number of rotatable bonds is 2. The summed E-state index contributed by atoms with van der Waals surface area (Å²) in [5.41, 5.74) is 0.956. The van der Waals surface area contributed by atoms with Crippen LogP contribution in [0.2, 0.25) is 0 Å². The standard InChI is InChI=1S/C11H9FN2O2S/c12-6-1-2-9-8(5-6)14-11(16-9)13-7-3-4-17-10(7)15/h1-2,5,7H,3-4H2,(H,13,14)/t7-/m0/s1. The van der Waals surface area contributed by atoms with Crippen molar-refractivity contribution in [2.24, 2.45) is 0 Å². The molecule has 2 aromatic rings. The third kappa shape index (κ3) is 2.00. The van der Waals surface area contributed by atoms with E-state index in [9.17, 15) is 9.18 Å². The van der Waals surface area contributed by atoms with Gasteiger partial charge in [0.1, 0.15) is 17.4 Å². The van der Waals surface area contributed by atoms with Crippen LogP contribution in [0.4, 0.5) is 10.4 Å². The van der Waals surface area contributed by atoms with Gasteiger partial charge in [0.15, 0.2) is 5.58 Å². The van der Waals surface area contributed by atoms with E-state index >= 15 is 0 Å². The van der Waals surface area contributed by atoms with Crippen molar-refractivity contribution in [3.05, 3.63) is 24.0 Å². The van der Waals surface area contributed by atoms with Crippen molar-refractivity contribution in [3.8, 4) is 0 Å². The molecule has 2 heterocycles. The van der Waals surface area contributed by atoms with Gasteiger partial charge in [0, 0.05) is 11.8 Å². The Kier molecular flexibility index (Phi) is 2.51. The van der Waals surface area contributed by atoms with Crippen LogP contribution in [0.3, 0.4) is 0 Å². The summed E-state index contributed by atoms with van der Waals surface area (Å²) in [6.07, 6.45) is 0.761. The molecule has 0 unspecified atom stereocenters. The minimum atomic E-state index is -0.357. The van der Waals surface area contributed by atoms with Crippen molar-refractivity contribution in [3.63, 3.8) is 0 Å². The molecule has 1 fully saturated rings. The number of carbonyl (C=O) groups excluding carboxylic acids is 1. The molecule has 17 heavy (non-hydrogen) atoms. The Morgan fingerprint density at radius 1 is 1.53 bits per heavy atom. The SMILES string of the molecule is O=C1SCC[C@@H]1Nc1nc2cc(F)ccc2o1. The van der Waals surface area contributed by atoms with Crippen molar-refractivity contribution in [2.75, 3.05) is 11.1 Å². The number of thioether (sulfide) groups is 1. The Bertz CT molecular complexity index is 584. The summed E-state index contributed by atoms with van der Waals surface area (Å²) in [4.78, 5) is 15.5. The predicted octanol–water partition coefficient (Wildman–Crippen LogP) is 2.41. The number of oxazole rings is 1. The summed E-state index contributed by atoms with van der Waals surface area (Å²) in [7, 11) is 0. The van der Waals surface area contributed by atoms with Gasteiger partial charge in [-0.2, -0.15) is 4.98 Å². The number of fused-ring (bicyclic) bond motifs is 1. The van der Waals surface area contributed by atoms with Gasteiger partial charge in [0.05, 0.1) is 0 Å². The average molecular weight is 252 g/mol. The summed E-state index contributed by atoms with van der Waals surface area (Å²) in [5, 5.41) is 3.02. The molecule has 1 aliphatic heterocycles. The van der Waals surface area contributed by atoms with E-state index in [1.165, 1.54) is 30.0 Å². The lowest BCUT2D eigenvalue weighted by atomic mass is 10.2. The number of aromatic nitrogens is 1. The molecular formula is C11H9FN2O2S. The zero-order valence-electron chi connectivity index (χ0n) is 8.77. The fourth-order valence-electron chi connectivity index (χ4n) is 1.74. The molecule has 88 valence electrons. The smallest absolute Gasteiger partial charge is 0.296 e. The third-order valence-corrected chi connectivity index (χ3v) is 3.59. The number of hydrogen-bond donors (Lipinski definition) is 1. The number of carbonyl (C=O) groups is 1. The zero-order chi connectivity index (χ0) is 11.8. The van der Waals surface area contributed by atoms with Crippen molar-refractivity contribution in [1.82, 2.24) is 4.98 Å². The molecule has 0 saturated carbocycles. The zero-order valence-corrected chi connectivity index (χ0v) is 9.59. The predicted molar refractivity (Wildman–Crippen MR) is 63.5 cm³/mol. The Morgan fingerprint density at radius 2 is 2.41 bits per heavy atom. The molecule has 3 rings (SSSR count). The second-order valence-corrected chi connectivity index (χ2v) is 4.88. The van der Waals surface area contributed by atoms with E-state index in [0.29, 0.717) is 11.1 Å². The van der Waals surface area contributed by atoms with Crippen LogP contribution in [0.15, 0.2) is 22.6 Å². The summed E-state index contributed by atoms with van der Waals surface area (Å²) in [6, 6.07) is 4.15. The lowest BCUT2D eigenvalue weighted by Gasteiger charge is -2.05. The lowest BCUT2D eigenvalue weighted by Crippen LogP contribution is -2.22. The lowest BCUT2D eigenvalue weighted by molar-refractivity contribution is -0.111. The van der Waals surface area contributed by atoms with Crippen LogP contribution in [-0.2, 0) is 4.79 Å². The van der Waals surface area contributed by atoms with Gasteiger partial charge >= 0.3 is 0 Å². The molecular weight excluding hydrogens is 243 g/mol. The van der Waals surface area contributed by atoms with Gasteiger partial charge in [-0.3, -0.25) is 4.79 Å². The van der Waals surface area contributed by atoms with Crippen LogP contribution in [0, 0.1) is 5.82 Å². The van der Waals surface area contributed by atoms with E-state index in [1.54, 1.807) is 0 Å². The minimum Gasteiger partial charge on any atom is -0.424 e. The summed E-state index contributed by atoms with van der Waals surface area (Å²) < 4.78 is 18.3. The number of nitrogens with zero attached hydrogens (tertiary/aromatic N) is 1. The Labute approximate surface area is 101 Å². The number of benzene rings is 1. The van der Waals surface area contributed by atoms with Gasteiger partial charge in [-0.25, -0.2) is 4.39 Å². The van der Waals surface area contributed by atoms with E-state index in [-0.39, 0.29) is 23.0 Å². The summed E-state index contributed by atoms with van der Waals surface area (Å²) in [5.74, 6) is 0.454. The first-order valence-electron chi connectivity index (χ1n) is 5.21. The van der Waals surface area contributed by atoms with Gasteiger partial charge in [0.25, 0.3) is 6.01 Å². The monoisotopic (exact) mass is 252 g/mol. The Balaban J connectivity index is 1.88. The Morgan fingerprint density at radius 3 is 3.18 bits per heavy atom. The van der Waals surface area contributed by atoms with E-state index in [2.05, 4.69) is 10.3 Å². The Hall–Kier alpha value is -1.56. The molecule has 1 N–H and O–H groups in total. The van der Waals surface area contributed by atoms with Crippen molar-refractivity contribution >= 4 is 34.0 Å². The molecule has 1 aromatic heterocycles. The molecule has 0 bridgehead atoms. The third-order valence-electron chi connectivity index (χ3n) is 2.58. The summed E-state index contributed by atoms with van der Waals surface area (Å²) in [6.45, 7) is 0. The molecule has 0 radical (unpaired) electrons. The molecule has 0 spiro atoms. The number of anilines is 1. The molecule has 1 aromatic carbocycles. The van der Waals surface area contributed by atoms with Crippen LogP contribution in [0.25, 0.3) is 11.1 Å². The second-order valence-electron chi connectivity index (χ2n) is 3.78. The average Bonchev–Trinajstić information content (AvgIpc) is 2.85. The first-order chi connectivity index (χ1) is 8.22. The van der Waals surface area contributed by atoms with Crippen LogP contribution in [0.5, 0.6) is 0 Å². The maximum Gasteiger partial charge on any atom is 0.296 e. The van der Waals surface area contributed by atoms with Gasteiger partial charge in [-0.1, -0.05) is 11.8 Å². The molecule has 0 aliphatic carbocycles. The molecule has 1 saturated heterocycles. The van der Waals surface area contributed by atoms with Crippen LogP contribution in [-0.4, -0.2) is 21.9 Å². The fourth-order valence-corrected chi connectivity index (χ4v) is 2.67. The van der Waals surface area contributed by atoms with Crippen molar-refractivity contribution in [2.45, 2.75) is 12.5 Å². The molecule has 1 aliphatic rings. The first-order valence-corrected chi connectivity index (χ1v) is 6.20. The normalized spacial score (nSPS) is 20.1. The second kappa shape index (κ2) is 4.03. The van der Waals surface area contributed by atoms with Crippen molar-refractivity contribution in [1.29, 1.82) is 0 Å². The van der Waals surface area contributed by atoms with Gasteiger partial charge in [0.2, 0.25) is 5.12 Å². The highest BCUT2D eigenvalue weighted by Crippen LogP contribution is 2.25. The van der Waals surface area contributed by atoms with Crippen LogP contribution >= 0.6 is 11.8 Å². The van der Waals surface area contributed by atoms with E-state index in [4.69, 9.17) is 4.42 Å². The highest BCUT2D eigenvalue weighted by Gasteiger charge is 2.26. The fraction of sp³-hybridized carbons (Fsp3) is 0.273. The maximum absolute atomic E-state index is 13.0. The number of halogens is 1. The molecule has 1 atom stereocenters. The van der Waals surface area contributed by atoms with Crippen LogP contribution < -0.4 is 5.32 Å². The molecule has 0 amide bonds. The summed E-state index contributed by atoms with van der Waals surface area (Å²) >= 11 is 1.30. The van der Waals surface area contributed by atoms with Crippen LogP contribution in [0.1, 0.15) is 6.42 Å². The quantitative estimate of drug-likeness (QED) is 0.889. The van der Waals surface area contributed by atoms with Crippen molar-refractivity contribution < 1.29 is 13.6 Å².